The average molecular weight is 388 g/mol. The van der Waals surface area contributed by atoms with E-state index in [1.807, 2.05) is 38.4 Å². The van der Waals surface area contributed by atoms with E-state index in [-0.39, 0.29) is 11.7 Å². The van der Waals surface area contributed by atoms with Crippen molar-refractivity contribution in [1.82, 2.24) is 4.90 Å². The van der Waals surface area contributed by atoms with Crippen LogP contribution in [-0.2, 0) is 5.60 Å². The van der Waals surface area contributed by atoms with Crippen LogP contribution in [0.5, 0.6) is 0 Å². The van der Waals surface area contributed by atoms with Crippen LogP contribution >= 0.6 is 11.6 Å². The van der Waals surface area contributed by atoms with Crippen LogP contribution in [0.3, 0.4) is 0 Å². The van der Waals surface area contributed by atoms with E-state index in [0.717, 1.165) is 42.5 Å². The zero-order chi connectivity index (χ0) is 19.6. The van der Waals surface area contributed by atoms with E-state index in [1.165, 1.54) is 6.07 Å². The first-order valence-corrected chi connectivity index (χ1v) is 9.79. The summed E-state index contributed by atoms with van der Waals surface area (Å²) in [5, 5.41) is 12.7. The fraction of sp³-hybridized carbons (Fsp3) is 0.391. The van der Waals surface area contributed by atoms with Gasteiger partial charge >= 0.3 is 0 Å². The highest BCUT2D eigenvalue weighted by molar-refractivity contribution is 6.30. The third-order valence-corrected chi connectivity index (χ3v) is 5.73. The number of rotatable bonds is 4. The fourth-order valence-corrected chi connectivity index (χ4v) is 4.24. The van der Waals surface area contributed by atoms with Crippen molar-refractivity contribution in [2.75, 3.05) is 20.6 Å². The summed E-state index contributed by atoms with van der Waals surface area (Å²) in [5.74, 6) is -0.199. The first-order chi connectivity index (χ1) is 12.8. The van der Waals surface area contributed by atoms with Crippen molar-refractivity contribution < 1.29 is 9.50 Å². The maximum absolute atomic E-state index is 13.9. The molecule has 27 heavy (non-hydrogen) atoms. The number of hydrogen-bond acceptors (Lipinski definition) is 2. The second kappa shape index (κ2) is 8.14. The zero-order valence-electron chi connectivity index (χ0n) is 16.2. The lowest BCUT2D eigenvalue weighted by molar-refractivity contribution is -0.0175. The van der Waals surface area contributed by atoms with Crippen LogP contribution in [-0.4, -0.2) is 30.6 Å². The van der Waals surface area contributed by atoms with Gasteiger partial charge in [0.1, 0.15) is 11.4 Å². The van der Waals surface area contributed by atoms with E-state index >= 15 is 0 Å². The molecular weight excluding hydrogens is 361 g/mol. The fourth-order valence-electron chi connectivity index (χ4n) is 4.11. The van der Waals surface area contributed by atoms with E-state index in [9.17, 15) is 9.50 Å². The molecule has 1 N–H and O–H groups in total. The highest BCUT2D eigenvalue weighted by atomic mass is 35.5. The summed E-state index contributed by atoms with van der Waals surface area (Å²) in [6, 6.07) is 12.6. The van der Waals surface area contributed by atoms with Crippen LogP contribution in [0.2, 0.25) is 5.02 Å². The molecule has 0 heterocycles. The van der Waals surface area contributed by atoms with Crippen LogP contribution in [0.4, 0.5) is 4.39 Å². The van der Waals surface area contributed by atoms with Gasteiger partial charge in [0.25, 0.3) is 0 Å². The van der Waals surface area contributed by atoms with Gasteiger partial charge in [0.05, 0.1) is 0 Å². The van der Waals surface area contributed by atoms with Crippen LogP contribution < -0.4 is 0 Å². The summed E-state index contributed by atoms with van der Waals surface area (Å²) >= 11 is 6.01. The first-order valence-electron chi connectivity index (χ1n) is 9.41. The van der Waals surface area contributed by atoms with Gasteiger partial charge in [-0.2, -0.15) is 0 Å². The number of aliphatic hydroxyl groups is 1. The summed E-state index contributed by atoms with van der Waals surface area (Å²) in [4.78, 5) is 2.11. The molecule has 144 valence electrons. The molecule has 2 unspecified atom stereocenters. The van der Waals surface area contributed by atoms with E-state index in [1.54, 1.807) is 19.1 Å². The van der Waals surface area contributed by atoms with Gasteiger partial charge in [0, 0.05) is 17.5 Å². The van der Waals surface area contributed by atoms with Crippen molar-refractivity contribution in [3.63, 3.8) is 0 Å². The lowest BCUT2D eigenvalue weighted by atomic mass is 9.67. The van der Waals surface area contributed by atoms with Crippen molar-refractivity contribution in [2.45, 2.75) is 31.8 Å². The zero-order valence-corrected chi connectivity index (χ0v) is 16.9. The Morgan fingerprint density at radius 2 is 1.93 bits per heavy atom. The van der Waals surface area contributed by atoms with Crippen LogP contribution in [0.25, 0.3) is 6.08 Å². The smallest absolute Gasteiger partial charge is 0.126 e. The average Bonchev–Trinajstić information content (AvgIpc) is 2.62. The van der Waals surface area contributed by atoms with Crippen LogP contribution in [0.1, 0.15) is 36.0 Å². The predicted octanol–water partition coefficient (Wildman–Crippen LogP) is 5.42. The first kappa shape index (κ1) is 20.1. The molecule has 0 bridgehead atoms. The predicted molar refractivity (Wildman–Crippen MR) is 110 cm³/mol. The van der Waals surface area contributed by atoms with E-state index in [2.05, 4.69) is 11.0 Å². The minimum absolute atomic E-state index is 0.0460. The van der Waals surface area contributed by atoms with Crippen molar-refractivity contribution in [3.8, 4) is 0 Å². The number of nitrogens with zero attached hydrogens (tertiary/aromatic N) is 1. The molecule has 0 spiro atoms. The van der Waals surface area contributed by atoms with Gasteiger partial charge in [-0.05, 0) is 86.8 Å². The molecule has 2 nitrogen and oxygen atoms in total. The second-order valence-corrected chi connectivity index (χ2v) is 8.24. The standard InChI is InChI=1S/C23H27ClFNO/c1-16-13-19(9-12-22(16)25)23(27)18(5-4-6-20(23)15-26(2)3)14-17-7-10-21(24)11-8-17/h7-14,20,27H,4-6,15H2,1-3H3/b18-14-. The van der Waals surface area contributed by atoms with Crippen LogP contribution in [0, 0.1) is 18.7 Å². The topological polar surface area (TPSA) is 23.5 Å². The molecule has 2 atom stereocenters. The molecule has 1 saturated carbocycles. The highest BCUT2D eigenvalue weighted by Gasteiger charge is 2.44. The molecule has 2 aromatic carbocycles. The minimum atomic E-state index is -1.11. The Labute approximate surface area is 166 Å². The monoisotopic (exact) mass is 387 g/mol. The third-order valence-electron chi connectivity index (χ3n) is 5.47. The maximum atomic E-state index is 13.9. The van der Waals surface area contributed by atoms with Gasteiger partial charge in [-0.15, -0.1) is 0 Å². The molecule has 0 radical (unpaired) electrons. The number of hydrogen-bond donors (Lipinski definition) is 1. The Hall–Kier alpha value is -1.68. The highest BCUT2D eigenvalue weighted by Crippen LogP contribution is 2.46. The number of aryl methyl sites for hydroxylation is 1. The normalized spacial score (nSPS) is 24.6. The summed E-state index contributed by atoms with van der Waals surface area (Å²) in [6.45, 7) is 2.51. The van der Waals surface area contributed by atoms with Crippen molar-refractivity contribution in [2.24, 2.45) is 5.92 Å². The quantitative estimate of drug-likeness (QED) is 0.757. The molecule has 4 heteroatoms. The Morgan fingerprint density at radius 3 is 2.56 bits per heavy atom. The molecule has 2 aromatic rings. The van der Waals surface area contributed by atoms with E-state index in [0.29, 0.717) is 10.6 Å². The van der Waals surface area contributed by atoms with Gasteiger partial charge in [-0.25, -0.2) is 4.39 Å². The Bertz CT molecular complexity index is 831. The molecular formula is C23H27ClFNO. The lowest BCUT2D eigenvalue weighted by Gasteiger charge is -2.44. The van der Waals surface area contributed by atoms with Gasteiger partial charge in [0.2, 0.25) is 0 Å². The van der Waals surface area contributed by atoms with Gasteiger partial charge in [0.15, 0.2) is 0 Å². The molecule has 3 rings (SSSR count). The summed E-state index contributed by atoms with van der Waals surface area (Å²) in [5.41, 5.74) is 2.21. The third kappa shape index (κ3) is 4.26. The Kier molecular flexibility index (Phi) is 6.05. The molecule has 0 saturated heterocycles. The number of halogens is 2. The Morgan fingerprint density at radius 1 is 1.22 bits per heavy atom. The Balaban J connectivity index is 2.11. The van der Waals surface area contributed by atoms with Crippen molar-refractivity contribution in [3.05, 3.63) is 75.6 Å². The van der Waals surface area contributed by atoms with E-state index < -0.39 is 5.60 Å². The molecule has 1 aliphatic carbocycles. The van der Waals surface area contributed by atoms with Crippen LogP contribution in [0.15, 0.2) is 48.0 Å². The minimum Gasteiger partial charge on any atom is -0.380 e. The molecule has 1 fully saturated rings. The van der Waals surface area contributed by atoms with E-state index in [4.69, 9.17) is 11.6 Å². The second-order valence-electron chi connectivity index (χ2n) is 7.80. The molecule has 0 amide bonds. The lowest BCUT2D eigenvalue weighted by Crippen LogP contribution is -2.44. The molecule has 0 aromatic heterocycles. The number of benzene rings is 2. The van der Waals surface area contributed by atoms with Crippen molar-refractivity contribution in [1.29, 1.82) is 0 Å². The summed E-state index contributed by atoms with van der Waals surface area (Å²) in [6.07, 6.45) is 4.85. The molecule has 0 aliphatic heterocycles. The molecule has 1 aliphatic rings. The van der Waals surface area contributed by atoms with Crippen molar-refractivity contribution >= 4 is 17.7 Å². The van der Waals surface area contributed by atoms with Gasteiger partial charge in [-0.3, -0.25) is 0 Å². The van der Waals surface area contributed by atoms with Gasteiger partial charge in [-0.1, -0.05) is 35.9 Å². The maximum Gasteiger partial charge on any atom is 0.126 e. The SMILES string of the molecule is Cc1cc(C2(O)/C(=C\c3ccc(Cl)cc3)CCCC2CN(C)C)ccc1F. The van der Waals surface area contributed by atoms with Gasteiger partial charge < -0.3 is 10.0 Å². The largest absolute Gasteiger partial charge is 0.380 e. The summed E-state index contributed by atoms with van der Waals surface area (Å²) < 4.78 is 13.9. The summed E-state index contributed by atoms with van der Waals surface area (Å²) in [7, 11) is 4.04.